The summed E-state index contributed by atoms with van der Waals surface area (Å²) in [5.74, 6) is -1.98. The van der Waals surface area contributed by atoms with Crippen molar-refractivity contribution in [3.63, 3.8) is 0 Å². The Bertz CT molecular complexity index is 1280. The molecule has 0 aliphatic carbocycles. The van der Waals surface area contributed by atoms with Crippen LogP contribution >= 0.6 is 69.6 Å². The van der Waals surface area contributed by atoms with E-state index >= 15 is 0 Å². The van der Waals surface area contributed by atoms with Crippen molar-refractivity contribution >= 4 is 93.1 Å². The molecular formula is C21H7Cl6NO4. The summed E-state index contributed by atoms with van der Waals surface area (Å²) in [6.07, 6.45) is 0. The Morgan fingerprint density at radius 1 is 0.719 bits per heavy atom. The van der Waals surface area contributed by atoms with Gasteiger partial charge in [-0.25, -0.2) is 9.69 Å². The fraction of sp³-hybridized carbons (Fsp3) is 0. The van der Waals surface area contributed by atoms with Gasteiger partial charge in [0.1, 0.15) is 5.75 Å². The number of halogens is 6. The second-order valence-electron chi connectivity index (χ2n) is 6.46. The second-order valence-corrected chi connectivity index (χ2v) is 8.81. The summed E-state index contributed by atoms with van der Waals surface area (Å²) >= 11 is 36.2. The van der Waals surface area contributed by atoms with Gasteiger partial charge in [0.05, 0.1) is 47.5 Å². The molecule has 1 aliphatic heterocycles. The highest BCUT2D eigenvalue weighted by Gasteiger charge is 2.42. The van der Waals surface area contributed by atoms with Crippen LogP contribution in [0.3, 0.4) is 0 Å². The number of anilines is 1. The van der Waals surface area contributed by atoms with E-state index in [4.69, 9.17) is 74.3 Å². The highest BCUT2D eigenvalue weighted by molar-refractivity contribution is 6.56. The smallest absolute Gasteiger partial charge is 0.345 e. The normalized spacial score (nSPS) is 12.9. The van der Waals surface area contributed by atoms with Crippen molar-refractivity contribution in [1.29, 1.82) is 0 Å². The van der Waals surface area contributed by atoms with Crippen molar-refractivity contribution in [2.75, 3.05) is 4.90 Å². The summed E-state index contributed by atoms with van der Waals surface area (Å²) in [5, 5.41) is -0.0631. The molecule has 3 aromatic carbocycles. The molecule has 0 saturated heterocycles. The first-order valence-electron chi connectivity index (χ1n) is 8.63. The third kappa shape index (κ3) is 3.83. The minimum atomic E-state index is -0.715. The van der Waals surface area contributed by atoms with Crippen LogP contribution in [0.4, 0.5) is 5.69 Å². The van der Waals surface area contributed by atoms with Crippen LogP contribution in [0.15, 0.2) is 42.5 Å². The minimum Gasteiger partial charge on any atom is -0.423 e. The van der Waals surface area contributed by atoms with Crippen molar-refractivity contribution in [1.82, 2.24) is 0 Å². The first kappa shape index (κ1) is 23.2. The van der Waals surface area contributed by atoms with E-state index in [9.17, 15) is 14.4 Å². The lowest BCUT2D eigenvalue weighted by atomic mass is 10.1. The highest BCUT2D eigenvalue weighted by Crippen LogP contribution is 2.45. The Morgan fingerprint density at radius 3 is 1.75 bits per heavy atom. The lowest BCUT2D eigenvalue weighted by molar-refractivity contribution is 0.0734. The van der Waals surface area contributed by atoms with Gasteiger partial charge in [-0.2, -0.15) is 0 Å². The van der Waals surface area contributed by atoms with Crippen molar-refractivity contribution in [2.45, 2.75) is 0 Å². The summed E-state index contributed by atoms with van der Waals surface area (Å²) in [6, 6.07) is 10.00. The molecule has 5 nitrogen and oxygen atoms in total. The van der Waals surface area contributed by atoms with Crippen LogP contribution in [0.1, 0.15) is 31.1 Å². The highest BCUT2D eigenvalue weighted by atomic mass is 35.5. The van der Waals surface area contributed by atoms with Crippen molar-refractivity contribution in [2.24, 2.45) is 0 Å². The van der Waals surface area contributed by atoms with Crippen molar-refractivity contribution in [3.8, 4) is 5.75 Å². The van der Waals surface area contributed by atoms with Gasteiger partial charge in [-0.15, -0.1) is 0 Å². The maximum Gasteiger partial charge on any atom is 0.345 e. The Hall–Kier alpha value is -1.99. The summed E-state index contributed by atoms with van der Waals surface area (Å²) in [7, 11) is 0. The van der Waals surface area contributed by atoms with E-state index in [2.05, 4.69) is 0 Å². The van der Waals surface area contributed by atoms with Gasteiger partial charge in [0.2, 0.25) is 0 Å². The van der Waals surface area contributed by atoms with Crippen LogP contribution in [0, 0.1) is 0 Å². The van der Waals surface area contributed by atoms with Crippen LogP contribution < -0.4 is 9.64 Å². The number of carbonyl (C=O) groups is 3. The van der Waals surface area contributed by atoms with Gasteiger partial charge in [0.25, 0.3) is 11.8 Å². The van der Waals surface area contributed by atoms with Gasteiger partial charge in [-0.1, -0.05) is 69.6 Å². The molecule has 0 saturated carbocycles. The van der Waals surface area contributed by atoms with Gasteiger partial charge >= 0.3 is 5.97 Å². The average molecular weight is 550 g/mol. The lowest BCUT2D eigenvalue weighted by Gasteiger charge is -2.14. The quantitative estimate of drug-likeness (QED) is 0.111. The fourth-order valence-electron chi connectivity index (χ4n) is 3.06. The second kappa shape index (κ2) is 8.75. The number of amides is 2. The molecule has 0 bridgehead atoms. The molecule has 0 unspecified atom stereocenters. The first-order chi connectivity index (χ1) is 15.1. The molecule has 0 radical (unpaired) electrons. The van der Waals surface area contributed by atoms with Gasteiger partial charge < -0.3 is 4.74 Å². The van der Waals surface area contributed by atoms with Crippen molar-refractivity contribution in [3.05, 3.63) is 89.3 Å². The molecule has 0 fully saturated rings. The Morgan fingerprint density at radius 2 is 1.25 bits per heavy atom. The number of fused-ring (bicyclic) bond motifs is 1. The van der Waals surface area contributed by atoms with Crippen LogP contribution in [0.25, 0.3) is 0 Å². The first-order valence-corrected chi connectivity index (χ1v) is 10.9. The number of hydrogen-bond donors (Lipinski definition) is 0. The van der Waals surface area contributed by atoms with E-state index in [0.717, 1.165) is 4.90 Å². The zero-order chi connectivity index (χ0) is 23.3. The third-order valence-corrected chi connectivity index (χ3v) is 6.91. The van der Waals surface area contributed by atoms with Crippen molar-refractivity contribution < 1.29 is 19.1 Å². The molecule has 32 heavy (non-hydrogen) atoms. The summed E-state index contributed by atoms with van der Waals surface area (Å²) < 4.78 is 5.29. The van der Waals surface area contributed by atoms with Gasteiger partial charge in [-0.05, 0) is 42.5 Å². The number of hydrogen-bond acceptors (Lipinski definition) is 4. The zero-order valence-corrected chi connectivity index (χ0v) is 19.9. The molecule has 162 valence electrons. The molecule has 0 N–H and O–H groups in total. The zero-order valence-electron chi connectivity index (χ0n) is 15.4. The molecule has 0 spiro atoms. The summed E-state index contributed by atoms with van der Waals surface area (Å²) in [5.41, 5.74) is 0.0475. The van der Waals surface area contributed by atoms with E-state index in [1.54, 1.807) is 0 Å². The van der Waals surface area contributed by atoms with E-state index in [-0.39, 0.29) is 53.2 Å². The van der Waals surface area contributed by atoms with Gasteiger partial charge in [0.15, 0.2) is 0 Å². The van der Waals surface area contributed by atoms with E-state index in [1.807, 2.05) is 0 Å². The summed E-state index contributed by atoms with van der Waals surface area (Å²) in [4.78, 5) is 39.0. The van der Waals surface area contributed by atoms with Crippen LogP contribution in [-0.2, 0) is 0 Å². The fourth-order valence-corrected chi connectivity index (χ4v) is 4.56. The van der Waals surface area contributed by atoms with E-state index in [1.165, 1.54) is 42.5 Å². The SMILES string of the molecule is O=C(Oc1ccc(N2C(=O)c3c(Cl)c(Cl)c(Cl)c(Cl)c3C2=O)cc1)c1ccc(Cl)cc1Cl. The monoisotopic (exact) mass is 547 g/mol. The number of nitrogens with zero attached hydrogens (tertiary/aromatic N) is 1. The van der Waals surface area contributed by atoms with Crippen LogP contribution in [0.2, 0.25) is 30.1 Å². The number of carbonyl (C=O) groups excluding carboxylic acids is 3. The van der Waals surface area contributed by atoms with Crippen LogP contribution in [0.5, 0.6) is 5.75 Å². The molecule has 3 aromatic rings. The standard InChI is InChI=1S/C21H7Cl6NO4/c22-8-1-6-11(12(23)7-8)21(31)32-10-4-2-9(3-5-10)28-19(29)13-14(20(28)30)16(25)18(27)17(26)15(13)24/h1-7H. The molecule has 4 rings (SSSR count). The predicted molar refractivity (Wildman–Crippen MR) is 125 cm³/mol. The Balaban J connectivity index is 1.61. The maximum atomic E-state index is 12.9. The molecule has 0 atom stereocenters. The molecule has 11 heteroatoms. The number of esters is 1. The van der Waals surface area contributed by atoms with E-state index in [0.29, 0.717) is 5.02 Å². The minimum absolute atomic E-state index is 0.122. The number of benzene rings is 3. The Kier molecular flexibility index (Phi) is 6.34. The number of ether oxygens (including phenoxy) is 1. The molecular weight excluding hydrogens is 543 g/mol. The summed E-state index contributed by atoms with van der Waals surface area (Å²) in [6.45, 7) is 0. The molecule has 2 amide bonds. The number of imide groups is 1. The third-order valence-electron chi connectivity index (χ3n) is 4.56. The maximum absolute atomic E-state index is 12.9. The Labute approximate surface area is 211 Å². The predicted octanol–water partition coefficient (Wildman–Crippen LogP) is 7.63. The van der Waals surface area contributed by atoms with Gasteiger partial charge in [-0.3, -0.25) is 9.59 Å². The number of rotatable bonds is 3. The molecule has 1 heterocycles. The molecule has 0 aromatic heterocycles. The molecule has 1 aliphatic rings. The lowest BCUT2D eigenvalue weighted by Crippen LogP contribution is -2.29. The van der Waals surface area contributed by atoms with E-state index < -0.39 is 17.8 Å². The topological polar surface area (TPSA) is 63.7 Å². The average Bonchev–Trinajstić information content (AvgIpc) is 3.01. The van der Waals surface area contributed by atoms with Crippen LogP contribution in [-0.4, -0.2) is 17.8 Å². The van der Waals surface area contributed by atoms with Gasteiger partial charge in [0, 0.05) is 5.02 Å². The largest absolute Gasteiger partial charge is 0.423 e.